The van der Waals surface area contributed by atoms with Gasteiger partial charge < -0.3 is 14.8 Å². The number of hydrogen-bond acceptors (Lipinski definition) is 4. The summed E-state index contributed by atoms with van der Waals surface area (Å²) < 4.78 is 11.0. The van der Waals surface area contributed by atoms with E-state index >= 15 is 0 Å². The van der Waals surface area contributed by atoms with Crippen molar-refractivity contribution in [1.82, 2.24) is 10.2 Å². The zero-order chi connectivity index (χ0) is 13.5. The molecule has 0 bridgehead atoms. The molecule has 106 valence electrons. The van der Waals surface area contributed by atoms with E-state index in [9.17, 15) is 0 Å². The van der Waals surface area contributed by atoms with Crippen molar-refractivity contribution in [2.45, 2.75) is 6.61 Å². The first-order chi connectivity index (χ1) is 9.29. The van der Waals surface area contributed by atoms with Crippen LogP contribution in [-0.4, -0.2) is 51.3 Å². The molecule has 19 heavy (non-hydrogen) atoms. The standard InChI is InChI=1S/C14H21ClN2O2/c1-18-14-3-2-13(15)10-12(14)11-19-9-8-17-6-4-16-5-7-17/h2-3,10,16H,4-9,11H2,1H3. The van der Waals surface area contributed by atoms with Crippen LogP contribution in [0.1, 0.15) is 5.56 Å². The average molecular weight is 285 g/mol. The Bertz CT molecular complexity index is 395. The van der Waals surface area contributed by atoms with Gasteiger partial charge in [-0.1, -0.05) is 11.6 Å². The minimum Gasteiger partial charge on any atom is -0.496 e. The van der Waals surface area contributed by atoms with Crippen molar-refractivity contribution >= 4 is 11.6 Å². The van der Waals surface area contributed by atoms with Gasteiger partial charge >= 0.3 is 0 Å². The second-order valence-corrected chi connectivity index (χ2v) is 5.04. The molecule has 2 rings (SSSR count). The van der Waals surface area contributed by atoms with Gasteiger partial charge in [-0.2, -0.15) is 0 Å². The predicted molar refractivity (Wildman–Crippen MR) is 77.0 cm³/mol. The molecule has 0 amide bonds. The second kappa shape index (κ2) is 7.70. The van der Waals surface area contributed by atoms with Crippen LogP contribution in [0.5, 0.6) is 5.75 Å². The van der Waals surface area contributed by atoms with E-state index in [1.165, 1.54) is 0 Å². The lowest BCUT2D eigenvalue weighted by atomic mass is 10.2. The van der Waals surface area contributed by atoms with Crippen LogP contribution in [0.3, 0.4) is 0 Å². The lowest BCUT2D eigenvalue weighted by molar-refractivity contribution is 0.0874. The summed E-state index contributed by atoms with van der Waals surface area (Å²) in [5.74, 6) is 0.826. The Balaban J connectivity index is 1.74. The van der Waals surface area contributed by atoms with Crippen molar-refractivity contribution in [1.29, 1.82) is 0 Å². The Morgan fingerprint density at radius 1 is 1.32 bits per heavy atom. The fourth-order valence-electron chi connectivity index (χ4n) is 2.17. The van der Waals surface area contributed by atoms with Crippen molar-refractivity contribution in [3.05, 3.63) is 28.8 Å². The molecule has 1 aromatic rings. The number of ether oxygens (including phenoxy) is 2. The summed E-state index contributed by atoms with van der Waals surface area (Å²) in [4.78, 5) is 2.41. The lowest BCUT2D eigenvalue weighted by Gasteiger charge is -2.26. The number of hydrogen-bond donors (Lipinski definition) is 1. The fraction of sp³-hybridized carbons (Fsp3) is 0.571. The highest BCUT2D eigenvalue weighted by atomic mass is 35.5. The van der Waals surface area contributed by atoms with Gasteiger partial charge in [0.15, 0.2) is 0 Å². The highest BCUT2D eigenvalue weighted by Gasteiger charge is 2.09. The van der Waals surface area contributed by atoms with E-state index in [0.29, 0.717) is 11.6 Å². The monoisotopic (exact) mass is 284 g/mol. The van der Waals surface area contributed by atoms with Crippen molar-refractivity contribution in [2.24, 2.45) is 0 Å². The summed E-state index contributed by atoms with van der Waals surface area (Å²) in [6, 6.07) is 5.59. The third kappa shape index (κ3) is 4.66. The number of halogens is 1. The summed E-state index contributed by atoms with van der Waals surface area (Å²) in [5, 5.41) is 4.05. The third-order valence-electron chi connectivity index (χ3n) is 3.26. The van der Waals surface area contributed by atoms with Crippen molar-refractivity contribution < 1.29 is 9.47 Å². The Morgan fingerprint density at radius 3 is 2.84 bits per heavy atom. The van der Waals surface area contributed by atoms with Crippen LogP contribution in [0.25, 0.3) is 0 Å². The van der Waals surface area contributed by atoms with E-state index in [1.54, 1.807) is 7.11 Å². The molecule has 1 saturated heterocycles. The van der Waals surface area contributed by atoms with Gasteiger partial charge in [-0.3, -0.25) is 4.90 Å². The first-order valence-corrected chi connectivity index (χ1v) is 7.00. The summed E-state index contributed by atoms with van der Waals surface area (Å²) >= 11 is 5.98. The maximum absolute atomic E-state index is 5.98. The van der Waals surface area contributed by atoms with Crippen molar-refractivity contribution in [2.75, 3.05) is 46.4 Å². The van der Waals surface area contributed by atoms with E-state index in [0.717, 1.165) is 50.6 Å². The number of piperazine rings is 1. The molecule has 0 aromatic heterocycles. The van der Waals surface area contributed by atoms with Gasteiger partial charge in [-0.15, -0.1) is 0 Å². The van der Waals surface area contributed by atoms with E-state index in [-0.39, 0.29) is 0 Å². The molecule has 1 aliphatic heterocycles. The molecular weight excluding hydrogens is 264 g/mol. The zero-order valence-electron chi connectivity index (χ0n) is 11.3. The van der Waals surface area contributed by atoms with Gasteiger partial charge in [0.2, 0.25) is 0 Å². The number of methoxy groups -OCH3 is 1. The molecule has 1 aliphatic rings. The highest BCUT2D eigenvalue weighted by Crippen LogP contribution is 2.23. The van der Waals surface area contributed by atoms with Gasteiger partial charge in [0.25, 0.3) is 0 Å². The Labute approximate surface area is 119 Å². The van der Waals surface area contributed by atoms with Gasteiger partial charge in [0, 0.05) is 43.3 Å². The van der Waals surface area contributed by atoms with Crippen molar-refractivity contribution in [3.8, 4) is 5.75 Å². The van der Waals surface area contributed by atoms with Gasteiger partial charge in [-0.05, 0) is 18.2 Å². The van der Waals surface area contributed by atoms with Crippen LogP contribution < -0.4 is 10.1 Å². The van der Waals surface area contributed by atoms with Crippen LogP contribution in [0.15, 0.2) is 18.2 Å². The zero-order valence-corrected chi connectivity index (χ0v) is 12.1. The molecule has 0 radical (unpaired) electrons. The number of benzene rings is 1. The highest BCUT2D eigenvalue weighted by molar-refractivity contribution is 6.30. The lowest BCUT2D eigenvalue weighted by Crippen LogP contribution is -2.44. The SMILES string of the molecule is COc1ccc(Cl)cc1COCCN1CCNCC1. The maximum atomic E-state index is 5.98. The van der Waals surface area contributed by atoms with E-state index < -0.39 is 0 Å². The molecule has 0 spiro atoms. The van der Waals surface area contributed by atoms with Crippen LogP contribution in [0.4, 0.5) is 0 Å². The molecule has 0 unspecified atom stereocenters. The van der Waals surface area contributed by atoms with Crippen LogP contribution in [0.2, 0.25) is 5.02 Å². The number of nitrogens with one attached hydrogen (secondary N) is 1. The molecular formula is C14H21ClN2O2. The summed E-state index contributed by atoms with van der Waals surface area (Å²) in [5.41, 5.74) is 0.996. The normalized spacial score (nSPS) is 16.5. The van der Waals surface area contributed by atoms with E-state index in [2.05, 4.69) is 10.2 Å². The average Bonchev–Trinajstić information content (AvgIpc) is 2.45. The quantitative estimate of drug-likeness (QED) is 0.808. The molecule has 1 heterocycles. The number of rotatable bonds is 6. The molecule has 1 aromatic carbocycles. The molecule has 0 aliphatic carbocycles. The van der Waals surface area contributed by atoms with Gasteiger partial charge in [-0.25, -0.2) is 0 Å². The maximum Gasteiger partial charge on any atom is 0.124 e. The molecule has 0 atom stereocenters. The minimum absolute atomic E-state index is 0.538. The largest absolute Gasteiger partial charge is 0.496 e. The Hall–Kier alpha value is -0.810. The topological polar surface area (TPSA) is 33.7 Å². The van der Waals surface area contributed by atoms with Crippen LogP contribution in [-0.2, 0) is 11.3 Å². The first-order valence-electron chi connectivity index (χ1n) is 6.63. The van der Waals surface area contributed by atoms with Crippen LogP contribution in [0, 0.1) is 0 Å². The predicted octanol–water partition coefficient (Wildman–Crippen LogP) is 1.77. The van der Waals surface area contributed by atoms with Crippen LogP contribution >= 0.6 is 11.6 Å². The Kier molecular flexibility index (Phi) is 5.92. The second-order valence-electron chi connectivity index (χ2n) is 4.60. The summed E-state index contributed by atoms with van der Waals surface area (Å²) in [6.07, 6.45) is 0. The fourth-order valence-corrected chi connectivity index (χ4v) is 2.37. The smallest absolute Gasteiger partial charge is 0.124 e. The molecule has 1 fully saturated rings. The molecule has 4 nitrogen and oxygen atoms in total. The molecule has 5 heteroatoms. The third-order valence-corrected chi connectivity index (χ3v) is 3.50. The summed E-state index contributed by atoms with van der Waals surface area (Å²) in [7, 11) is 1.66. The first kappa shape index (κ1) is 14.6. The number of nitrogens with zero attached hydrogens (tertiary/aromatic N) is 1. The van der Waals surface area contributed by atoms with Gasteiger partial charge in [0.1, 0.15) is 5.75 Å². The van der Waals surface area contributed by atoms with E-state index in [4.69, 9.17) is 21.1 Å². The van der Waals surface area contributed by atoms with Gasteiger partial charge in [0.05, 0.1) is 20.3 Å². The molecule has 0 saturated carbocycles. The Morgan fingerprint density at radius 2 is 2.11 bits per heavy atom. The summed E-state index contributed by atoms with van der Waals surface area (Å²) in [6.45, 7) is 6.59. The minimum atomic E-state index is 0.538. The van der Waals surface area contributed by atoms with Crippen molar-refractivity contribution in [3.63, 3.8) is 0 Å². The van der Waals surface area contributed by atoms with E-state index in [1.807, 2.05) is 18.2 Å². The molecule has 1 N–H and O–H groups in total.